The number of sulfonamides is 1. The van der Waals surface area contributed by atoms with Gasteiger partial charge in [-0.15, -0.1) is 21.5 Å². The van der Waals surface area contributed by atoms with E-state index in [1.54, 1.807) is 26.8 Å². The predicted octanol–water partition coefficient (Wildman–Crippen LogP) is 2.98. The largest absolute Gasteiger partial charge is 0.449 e. The molecule has 3 rings (SSSR count). The maximum absolute atomic E-state index is 12.5. The number of carbonyl (C=O) groups is 1. The van der Waals surface area contributed by atoms with Gasteiger partial charge in [-0.3, -0.25) is 0 Å². The van der Waals surface area contributed by atoms with Gasteiger partial charge in [-0.2, -0.15) is 0 Å². The van der Waals surface area contributed by atoms with Gasteiger partial charge in [-0.05, 0) is 55.5 Å². The topological polar surface area (TPSA) is 125 Å². The van der Waals surface area contributed by atoms with Gasteiger partial charge in [-0.25, -0.2) is 18.4 Å². The van der Waals surface area contributed by atoms with Crippen LogP contribution in [0.4, 0.5) is 0 Å². The summed E-state index contributed by atoms with van der Waals surface area (Å²) in [6, 6.07) is 6.44. The van der Waals surface area contributed by atoms with Crippen molar-refractivity contribution in [3.8, 4) is 10.8 Å². The van der Waals surface area contributed by atoms with Crippen molar-refractivity contribution in [3.05, 3.63) is 52.2 Å². The van der Waals surface area contributed by atoms with Gasteiger partial charge in [-0.1, -0.05) is 6.07 Å². The zero-order valence-corrected chi connectivity index (χ0v) is 16.4. The molecule has 27 heavy (non-hydrogen) atoms. The Balaban J connectivity index is 1.82. The van der Waals surface area contributed by atoms with Crippen LogP contribution in [-0.2, 0) is 14.8 Å². The maximum Gasteiger partial charge on any atom is 0.338 e. The zero-order chi connectivity index (χ0) is 19.8. The molecule has 1 atom stereocenters. The molecule has 1 unspecified atom stereocenters. The summed E-state index contributed by atoms with van der Waals surface area (Å²) in [7, 11) is -3.96. The highest BCUT2D eigenvalue weighted by Crippen LogP contribution is 2.27. The number of esters is 1. The van der Waals surface area contributed by atoms with Gasteiger partial charge in [0.15, 0.2) is 6.10 Å². The fourth-order valence-corrected chi connectivity index (χ4v) is 3.94. The second-order valence-corrected chi connectivity index (χ2v) is 8.41. The normalized spacial score (nSPS) is 12.7. The van der Waals surface area contributed by atoms with E-state index in [1.165, 1.54) is 17.4 Å². The van der Waals surface area contributed by atoms with Gasteiger partial charge >= 0.3 is 5.97 Å². The van der Waals surface area contributed by atoms with Crippen LogP contribution < -0.4 is 5.14 Å². The highest BCUT2D eigenvalue weighted by atomic mass is 32.2. The lowest BCUT2D eigenvalue weighted by atomic mass is 10.1. The molecule has 3 aromatic rings. The number of carbonyl (C=O) groups excluding carboxylic acids is 1. The number of aryl methyl sites for hydroxylation is 1. The summed E-state index contributed by atoms with van der Waals surface area (Å²) in [4.78, 5) is 13.2. The summed E-state index contributed by atoms with van der Waals surface area (Å²) in [5.74, 6) is -0.237. The van der Waals surface area contributed by atoms with Crippen LogP contribution in [0.25, 0.3) is 10.8 Å². The highest BCUT2D eigenvalue weighted by Gasteiger charge is 2.23. The SMILES string of the molecule is Cc1cc(C(=O)OC(C)c2nnc(-c3cccs3)o2)cc(S(N)(=O)=O)c1C. The monoisotopic (exact) mass is 407 g/mol. The number of nitrogens with two attached hydrogens (primary N) is 1. The number of hydrogen-bond acceptors (Lipinski definition) is 8. The molecule has 2 N–H and O–H groups in total. The minimum absolute atomic E-state index is 0.0759. The number of primary sulfonamides is 1. The minimum atomic E-state index is -3.96. The van der Waals surface area contributed by atoms with E-state index in [0.717, 1.165) is 4.88 Å². The van der Waals surface area contributed by atoms with Crippen molar-refractivity contribution in [2.75, 3.05) is 0 Å². The first-order valence-electron chi connectivity index (χ1n) is 7.89. The summed E-state index contributed by atoms with van der Waals surface area (Å²) >= 11 is 1.45. The van der Waals surface area contributed by atoms with Crippen LogP contribution in [0.1, 0.15) is 40.4 Å². The fourth-order valence-electron chi connectivity index (χ4n) is 2.42. The third-order valence-corrected chi connectivity index (χ3v) is 5.86. The summed E-state index contributed by atoms with van der Waals surface area (Å²) < 4.78 is 34.4. The standard InChI is InChI=1S/C17H17N3O5S2/c1-9-7-12(8-14(10(9)2)27(18,22)23)17(21)24-11(3)15-19-20-16(25-15)13-5-4-6-26-13/h4-8,11H,1-3H3,(H2,18,22,23). The lowest BCUT2D eigenvalue weighted by Crippen LogP contribution is -2.16. The number of rotatable bonds is 5. The third kappa shape index (κ3) is 4.07. The van der Waals surface area contributed by atoms with Crippen LogP contribution >= 0.6 is 11.3 Å². The van der Waals surface area contributed by atoms with Gasteiger partial charge in [0.05, 0.1) is 15.3 Å². The molecule has 142 valence electrons. The molecule has 0 aliphatic heterocycles. The van der Waals surface area contributed by atoms with Crippen LogP contribution in [0.5, 0.6) is 0 Å². The first-order chi connectivity index (χ1) is 12.7. The Labute approximate surface area is 160 Å². The molecule has 0 aliphatic carbocycles. The molecule has 2 heterocycles. The van der Waals surface area contributed by atoms with Crippen LogP contribution in [0, 0.1) is 13.8 Å². The molecule has 0 saturated carbocycles. The zero-order valence-electron chi connectivity index (χ0n) is 14.8. The van der Waals surface area contributed by atoms with Gasteiger partial charge in [0, 0.05) is 0 Å². The number of nitrogens with zero attached hydrogens (tertiary/aromatic N) is 2. The molecule has 2 aromatic heterocycles. The Hall–Kier alpha value is -2.56. The predicted molar refractivity (Wildman–Crippen MR) is 98.7 cm³/mol. The molecule has 0 aliphatic rings. The van der Waals surface area contributed by atoms with E-state index in [1.807, 2.05) is 17.5 Å². The van der Waals surface area contributed by atoms with Crippen molar-refractivity contribution in [2.24, 2.45) is 5.14 Å². The Morgan fingerprint density at radius 3 is 2.67 bits per heavy atom. The molecule has 0 bridgehead atoms. The van der Waals surface area contributed by atoms with Crippen molar-refractivity contribution < 1.29 is 22.4 Å². The van der Waals surface area contributed by atoms with Gasteiger partial charge in [0.25, 0.3) is 11.8 Å². The molecule has 10 heteroatoms. The average molecular weight is 407 g/mol. The Morgan fingerprint density at radius 2 is 2.04 bits per heavy atom. The second-order valence-electron chi connectivity index (χ2n) is 5.93. The van der Waals surface area contributed by atoms with E-state index in [4.69, 9.17) is 14.3 Å². The molecule has 8 nitrogen and oxygen atoms in total. The van der Waals surface area contributed by atoms with E-state index in [-0.39, 0.29) is 16.3 Å². The molecule has 0 spiro atoms. The quantitative estimate of drug-likeness (QED) is 0.644. The van der Waals surface area contributed by atoms with Crippen molar-refractivity contribution in [3.63, 3.8) is 0 Å². The summed E-state index contributed by atoms with van der Waals surface area (Å²) in [6.45, 7) is 4.90. The molecule has 0 radical (unpaired) electrons. The number of thiophene rings is 1. The Bertz CT molecular complexity index is 1090. The van der Waals surface area contributed by atoms with Crippen LogP contribution in [-0.4, -0.2) is 24.6 Å². The third-order valence-electron chi connectivity index (χ3n) is 3.97. The van der Waals surface area contributed by atoms with E-state index < -0.39 is 22.1 Å². The first-order valence-corrected chi connectivity index (χ1v) is 10.3. The number of benzene rings is 1. The van der Waals surface area contributed by atoms with E-state index in [9.17, 15) is 13.2 Å². The van der Waals surface area contributed by atoms with Gasteiger partial charge < -0.3 is 9.15 Å². The van der Waals surface area contributed by atoms with E-state index in [2.05, 4.69) is 10.2 Å². The fraction of sp³-hybridized carbons (Fsp3) is 0.235. The summed E-state index contributed by atoms with van der Waals surface area (Å²) in [5, 5.41) is 14.9. The van der Waals surface area contributed by atoms with Crippen LogP contribution in [0.15, 0.2) is 39.0 Å². The molecule has 0 saturated heterocycles. The Morgan fingerprint density at radius 1 is 1.30 bits per heavy atom. The van der Waals surface area contributed by atoms with Gasteiger partial charge in [0.1, 0.15) is 0 Å². The highest BCUT2D eigenvalue weighted by molar-refractivity contribution is 7.89. The van der Waals surface area contributed by atoms with Crippen molar-refractivity contribution >= 4 is 27.3 Å². The van der Waals surface area contributed by atoms with Crippen LogP contribution in [0.2, 0.25) is 0 Å². The smallest absolute Gasteiger partial charge is 0.338 e. The lowest BCUT2D eigenvalue weighted by molar-refractivity contribution is 0.0279. The molecule has 0 amide bonds. The molecular formula is C17H17N3O5S2. The van der Waals surface area contributed by atoms with Crippen molar-refractivity contribution in [1.29, 1.82) is 0 Å². The number of aromatic nitrogens is 2. The Kier molecular flexibility index (Phi) is 5.13. The lowest BCUT2D eigenvalue weighted by Gasteiger charge is -2.12. The van der Waals surface area contributed by atoms with E-state index in [0.29, 0.717) is 17.0 Å². The second kappa shape index (κ2) is 7.22. The summed E-state index contributed by atoms with van der Waals surface area (Å²) in [6.07, 6.45) is -0.807. The number of hydrogen-bond donors (Lipinski definition) is 1. The van der Waals surface area contributed by atoms with E-state index >= 15 is 0 Å². The van der Waals surface area contributed by atoms with Crippen molar-refractivity contribution in [2.45, 2.75) is 31.8 Å². The number of ether oxygens (including phenoxy) is 1. The average Bonchev–Trinajstić information content (AvgIpc) is 3.26. The minimum Gasteiger partial charge on any atom is -0.449 e. The molecule has 0 fully saturated rings. The molecular weight excluding hydrogens is 390 g/mol. The van der Waals surface area contributed by atoms with Crippen LogP contribution in [0.3, 0.4) is 0 Å². The van der Waals surface area contributed by atoms with Crippen molar-refractivity contribution in [1.82, 2.24) is 10.2 Å². The maximum atomic E-state index is 12.5. The first kappa shape index (κ1) is 19.2. The molecule has 1 aromatic carbocycles. The summed E-state index contributed by atoms with van der Waals surface area (Å²) in [5.41, 5.74) is 1.17. The van der Waals surface area contributed by atoms with Gasteiger partial charge in [0.2, 0.25) is 10.0 Å².